The average molecular weight is 293 g/mol. The van der Waals surface area contributed by atoms with Gasteiger partial charge in [-0.1, -0.05) is 12.1 Å². The summed E-state index contributed by atoms with van der Waals surface area (Å²) in [6.45, 7) is 0. The summed E-state index contributed by atoms with van der Waals surface area (Å²) < 4.78 is 1.15. The summed E-state index contributed by atoms with van der Waals surface area (Å²) in [6.07, 6.45) is -0.139. The lowest BCUT2D eigenvalue weighted by molar-refractivity contribution is -0.115. The van der Waals surface area contributed by atoms with E-state index in [-0.39, 0.29) is 12.3 Å². The molecule has 1 heterocycles. The maximum atomic E-state index is 11.3. The van der Waals surface area contributed by atoms with Crippen molar-refractivity contribution in [2.24, 2.45) is 0 Å². The Balaban J connectivity index is 1.83. The quantitative estimate of drug-likeness (QED) is 0.798. The summed E-state index contributed by atoms with van der Waals surface area (Å²) in [5.74, 6) is -0.301. The number of fused-ring (bicyclic) bond motifs is 1. The molecule has 4 nitrogen and oxygen atoms in total. The minimum absolute atomic E-state index is 0.139. The Morgan fingerprint density at radius 1 is 1.19 bits per heavy atom. The Labute approximate surface area is 125 Å². The van der Waals surface area contributed by atoms with E-state index < -0.39 is 0 Å². The topological polar surface area (TPSA) is 65.8 Å². The fourth-order valence-corrected chi connectivity index (χ4v) is 2.94. The highest BCUT2D eigenvalue weighted by Crippen LogP contribution is 2.30. The molecule has 1 N–H and O–H groups in total. The molecule has 0 unspecified atom stereocenters. The van der Waals surface area contributed by atoms with E-state index in [0.717, 1.165) is 20.8 Å². The number of rotatable bonds is 3. The molecule has 21 heavy (non-hydrogen) atoms. The van der Waals surface area contributed by atoms with E-state index in [0.29, 0.717) is 5.69 Å². The SMILES string of the molecule is N#CCC(=O)Nc1ccc(-c2nc3ccccc3s2)cc1. The third-order valence-electron chi connectivity index (χ3n) is 2.95. The summed E-state index contributed by atoms with van der Waals surface area (Å²) in [5.41, 5.74) is 2.68. The van der Waals surface area contributed by atoms with Crippen LogP contribution in [0, 0.1) is 11.3 Å². The van der Waals surface area contributed by atoms with Gasteiger partial charge in [0, 0.05) is 11.3 Å². The molecule has 5 heteroatoms. The molecule has 0 saturated carbocycles. The first kappa shape index (κ1) is 13.3. The molecule has 0 fully saturated rings. The average Bonchev–Trinajstić information content (AvgIpc) is 2.92. The molecule has 0 bridgehead atoms. The number of nitrogens with one attached hydrogen (secondary N) is 1. The summed E-state index contributed by atoms with van der Waals surface area (Å²) >= 11 is 1.64. The van der Waals surface area contributed by atoms with Gasteiger partial charge in [0.05, 0.1) is 16.3 Å². The van der Waals surface area contributed by atoms with Gasteiger partial charge in [-0.2, -0.15) is 5.26 Å². The van der Waals surface area contributed by atoms with Crippen molar-refractivity contribution in [1.29, 1.82) is 5.26 Å². The zero-order chi connectivity index (χ0) is 14.7. The van der Waals surface area contributed by atoms with Crippen LogP contribution in [-0.2, 0) is 4.79 Å². The monoisotopic (exact) mass is 293 g/mol. The van der Waals surface area contributed by atoms with Gasteiger partial charge in [0.2, 0.25) is 5.91 Å². The van der Waals surface area contributed by atoms with Crippen molar-refractivity contribution in [3.05, 3.63) is 48.5 Å². The van der Waals surface area contributed by atoms with Gasteiger partial charge in [0.15, 0.2) is 0 Å². The zero-order valence-corrected chi connectivity index (χ0v) is 11.9. The molecule has 0 aliphatic heterocycles. The molecular weight excluding hydrogens is 282 g/mol. The van der Waals surface area contributed by atoms with Gasteiger partial charge in [0.25, 0.3) is 0 Å². The van der Waals surface area contributed by atoms with Gasteiger partial charge in [-0.05, 0) is 36.4 Å². The van der Waals surface area contributed by atoms with Crippen LogP contribution in [0.1, 0.15) is 6.42 Å². The fourth-order valence-electron chi connectivity index (χ4n) is 1.97. The summed E-state index contributed by atoms with van der Waals surface area (Å²) in [4.78, 5) is 15.9. The van der Waals surface area contributed by atoms with E-state index in [1.165, 1.54) is 0 Å². The molecule has 3 aromatic rings. The Kier molecular flexibility index (Phi) is 3.63. The lowest BCUT2D eigenvalue weighted by atomic mass is 10.2. The molecule has 0 radical (unpaired) electrons. The normalized spacial score (nSPS) is 10.2. The summed E-state index contributed by atoms with van der Waals surface area (Å²) in [7, 11) is 0. The molecule has 0 atom stereocenters. The van der Waals surface area contributed by atoms with E-state index in [4.69, 9.17) is 5.26 Å². The van der Waals surface area contributed by atoms with Crippen LogP contribution in [0.25, 0.3) is 20.8 Å². The Morgan fingerprint density at radius 3 is 2.67 bits per heavy atom. The van der Waals surface area contributed by atoms with Crippen molar-refractivity contribution in [3.63, 3.8) is 0 Å². The van der Waals surface area contributed by atoms with E-state index in [9.17, 15) is 4.79 Å². The number of anilines is 1. The number of aromatic nitrogens is 1. The third kappa shape index (κ3) is 2.91. The van der Waals surface area contributed by atoms with Gasteiger partial charge >= 0.3 is 0 Å². The van der Waals surface area contributed by atoms with Crippen molar-refractivity contribution < 1.29 is 4.79 Å². The molecule has 1 amide bonds. The minimum Gasteiger partial charge on any atom is -0.325 e. The van der Waals surface area contributed by atoms with E-state index in [1.807, 2.05) is 54.6 Å². The first-order valence-electron chi connectivity index (χ1n) is 6.39. The van der Waals surface area contributed by atoms with Gasteiger partial charge in [-0.3, -0.25) is 4.79 Å². The van der Waals surface area contributed by atoms with Crippen LogP contribution in [0.2, 0.25) is 0 Å². The standard InChI is InChI=1S/C16H11N3OS/c17-10-9-15(20)18-12-7-5-11(6-8-12)16-19-13-3-1-2-4-14(13)21-16/h1-8H,9H2,(H,18,20). The number of amides is 1. The van der Waals surface area contributed by atoms with Crippen molar-refractivity contribution in [2.75, 3.05) is 5.32 Å². The third-order valence-corrected chi connectivity index (χ3v) is 4.03. The van der Waals surface area contributed by atoms with Crippen LogP contribution in [0.4, 0.5) is 5.69 Å². The molecular formula is C16H11N3OS. The van der Waals surface area contributed by atoms with E-state index in [1.54, 1.807) is 11.3 Å². The molecule has 0 spiro atoms. The highest BCUT2D eigenvalue weighted by molar-refractivity contribution is 7.21. The highest BCUT2D eigenvalue weighted by atomic mass is 32.1. The molecule has 0 aliphatic carbocycles. The lowest BCUT2D eigenvalue weighted by Gasteiger charge is -2.03. The van der Waals surface area contributed by atoms with E-state index in [2.05, 4.69) is 10.3 Å². The smallest absolute Gasteiger partial charge is 0.238 e. The maximum absolute atomic E-state index is 11.3. The number of thiazole rings is 1. The Bertz CT molecular complexity index is 798. The number of nitrogens with zero attached hydrogens (tertiary/aromatic N) is 2. The first-order chi connectivity index (χ1) is 10.3. The first-order valence-corrected chi connectivity index (χ1v) is 7.21. The fraction of sp³-hybridized carbons (Fsp3) is 0.0625. The minimum atomic E-state index is -0.301. The maximum Gasteiger partial charge on any atom is 0.238 e. The summed E-state index contributed by atoms with van der Waals surface area (Å²) in [5, 5.41) is 12.1. The number of hydrogen-bond acceptors (Lipinski definition) is 4. The van der Waals surface area contributed by atoms with Gasteiger partial charge in [-0.15, -0.1) is 11.3 Å². The molecule has 3 rings (SSSR count). The van der Waals surface area contributed by atoms with Crippen molar-refractivity contribution in [3.8, 4) is 16.6 Å². The summed E-state index contributed by atoms with van der Waals surface area (Å²) in [6, 6.07) is 17.3. The van der Waals surface area contributed by atoms with Crippen LogP contribution in [0.15, 0.2) is 48.5 Å². The van der Waals surface area contributed by atoms with Gasteiger partial charge in [0.1, 0.15) is 11.4 Å². The van der Waals surface area contributed by atoms with Crippen LogP contribution < -0.4 is 5.32 Å². The second-order valence-electron chi connectivity index (χ2n) is 4.45. The number of para-hydroxylation sites is 1. The van der Waals surface area contributed by atoms with Crippen LogP contribution in [0.3, 0.4) is 0 Å². The van der Waals surface area contributed by atoms with E-state index >= 15 is 0 Å². The molecule has 1 aromatic heterocycles. The largest absolute Gasteiger partial charge is 0.325 e. The van der Waals surface area contributed by atoms with Gasteiger partial charge in [-0.25, -0.2) is 4.98 Å². The van der Waals surface area contributed by atoms with Gasteiger partial charge < -0.3 is 5.32 Å². The lowest BCUT2D eigenvalue weighted by Crippen LogP contribution is -2.09. The number of benzene rings is 2. The highest BCUT2D eigenvalue weighted by Gasteiger charge is 2.06. The Hall–Kier alpha value is -2.71. The second kappa shape index (κ2) is 5.73. The number of hydrogen-bond donors (Lipinski definition) is 1. The molecule has 0 aliphatic rings. The van der Waals surface area contributed by atoms with Crippen LogP contribution >= 0.6 is 11.3 Å². The van der Waals surface area contributed by atoms with Crippen molar-refractivity contribution in [1.82, 2.24) is 4.98 Å². The molecule has 2 aromatic carbocycles. The van der Waals surface area contributed by atoms with Crippen molar-refractivity contribution >= 4 is 33.1 Å². The second-order valence-corrected chi connectivity index (χ2v) is 5.48. The number of carbonyl (C=O) groups excluding carboxylic acids is 1. The predicted molar refractivity (Wildman–Crippen MR) is 83.9 cm³/mol. The van der Waals surface area contributed by atoms with Crippen LogP contribution in [0.5, 0.6) is 0 Å². The number of carbonyl (C=O) groups is 1. The van der Waals surface area contributed by atoms with Crippen molar-refractivity contribution in [2.45, 2.75) is 6.42 Å². The number of nitriles is 1. The zero-order valence-electron chi connectivity index (χ0n) is 11.0. The van der Waals surface area contributed by atoms with Crippen LogP contribution in [-0.4, -0.2) is 10.9 Å². The Morgan fingerprint density at radius 2 is 1.95 bits per heavy atom. The molecule has 102 valence electrons. The molecule has 0 saturated heterocycles. The predicted octanol–water partition coefficient (Wildman–Crippen LogP) is 3.82.